The Balaban J connectivity index is 1.47. The molecule has 2 aromatic rings. The first kappa shape index (κ1) is 17.0. The number of hydrogen-bond donors (Lipinski definition) is 2. The van der Waals surface area contributed by atoms with Crippen LogP contribution in [0.1, 0.15) is 33.5 Å². The SMILES string of the molecule is O=C(Cc1ccc2c(c1)CCCO2)NCCc1ccc(C(=O)O)cc1. The van der Waals surface area contributed by atoms with Crippen molar-refractivity contribution >= 4 is 11.9 Å². The molecule has 0 saturated heterocycles. The number of amides is 1. The zero-order valence-corrected chi connectivity index (χ0v) is 14.0. The van der Waals surface area contributed by atoms with Gasteiger partial charge in [-0.05, 0) is 54.2 Å². The standard InChI is InChI=1S/C20H21NO4/c22-19(13-15-5-8-18-17(12-15)2-1-11-25-18)21-10-9-14-3-6-16(7-4-14)20(23)24/h3-8,12H,1-2,9-11,13H2,(H,21,22)(H,23,24). The molecule has 1 amide bonds. The average Bonchev–Trinajstić information content (AvgIpc) is 2.62. The number of carboxylic acids is 1. The lowest BCUT2D eigenvalue weighted by Crippen LogP contribution is -2.27. The van der Waals surface area contributed by atoms with E-state index in [1.807, 2.05) is 12.1 Å². The number of benzene rings is 2. The molecule has 0 unspecified atom stereocenters. The molecule has 1 heterocycles. The largest absolute Gasteiger partial charge is 0.493 e. The number of fused-ring (bicyclic) bond motifs is 1. The van der Waals surface area contributed by atoms with Gasteiger partial charge in [-0.2, -0.15) is 0 Å². The van der Waals surface area contributed by atoms with Gasteiger partial charge in [0.2, 0.25) is 5.91 Å². The molecule has 0 aliphatic carbocycles. The van der Waals surface area contributed by atoms with Crippen LogP contribution in [0, 0.1) is 0 Å². The van der Waals surface area contributed by atoms with Crippen LogP contribution in [0.3, 0.4) is 0 Å². The molecule has 25 heavy (non-hydrogen) atoms. The first-order valence-electron chi connectivity index (χ1n) is 8.45. The Morgan fingerprint density at radius 1 is 1.08 bits per heavy atom. The Morgan fingerprint density at radius 3 is 2.60 bits per heavy atom. The van der Waals surface area contributed by atoms with E-state index in [1.54, 1.807) is 24.3 Å². The molecule has 5 nitrogen and oxygen atoms in total. The maximum Gasteiger partial charge on any atom is 0.335 e. The predicted molar refractivity (Wildman–Crippen MR) is 94.1 cm³/mol. The van der Waals surface area contributed by atoms with Crippen molar-refractivity contribution in [3.8, 4) is 5.75 Å². The minimum atomic E-state index is -0.935. The van der Waals surface area contributed by atoms with Crippen molar-refractivity contribution in [3.05, 3.63) is 64.7 Å². The van der Waals surface area contributed by atoms with Gasteiger partial charge in [0.1, 0.15) is 5.75 Å². The normalized spacial score (nSPS) is 12.8. The van der Waals surface area contributed by atoms with Gasteiger partial charge in [0, 0.05) is 6.54 Å². The van der Waals surface area contributed by atoms with E-state index in [-0.39, 0.29) is 11.5 Å². The maximum atomic E-state index is 12.1. The summed E-state index contributed by atoms with van der Waals surface area (Å²) < 4.78 is 5.58. The molecule has 0 fully saturated rings. The number of ether oxygens (including phenoxy) is 1. The lowest BCUT2D eigenvalue weighted by Gasteiger charge is -2.17. The van der Waals surface area contributed by atoms with Gasteiger partial charge in [0.15, 0.2) is 0 Å². The van der Waals surface area contributed by atoms with Gasteiger partial charge in [-0.3, -0.25) is 4.79 Å². The van der Waals surface area contributed by atoms with Crippen LogP contribution in [-0.4, -0.2) is 30.1 Å². The monoisotopic (exact) mass is 339 g/mol. The fraction of sp³-hybridized carbons (Fsp3) is 0.300. The van der Waals surface area contributed by atoms with Gasteiger partial charge in [-0.1, -0.05) is 24.3 Å². The molecule has 0 saturated carbocycles. The van der Waals surface area contributed by atoms with Gasteiger partial charge < -0.3 is 15.2 Å². The zero-order valence-electron chi connectivity index (χ0n) is 14.0. The summed E-state index contributed by atoms with van der Waals surface area (Å²) in [4.78, 5) is 22.9. The number of carbonyl (C=O) groups excluding carboxylic acids is 1. The number of aromatic carboxylic acids is 1. The van der Waals surface area contributed by atoms with Crippen LogP contribution in [0.2, 0.25) is 0 Å². The molecule has 130 valence electrons. The van der Waals surface area contributed by atoms with Crippen LogP contribution in [0.5, 0.6) is 5.75 Å². The number of carboxylic acid groups (broad SMARTS) is 1. The summed E-state index contributed by atoms with van der Waals surface area (Å²) >= 11 is 0. The molecule has 2 aromatic carbocycles. The second-order valence-corrected chi connectivity index (χ2v) is 6.17. The van der Waals surface area contributed by atoms with Gasteiger partial charge in [-0.25, -0.2) is 4.79 Å². The van der Waals surface area contributed by atoms with E-state index in [0.29, 0.717) is 19.4 Å². The van der Waals surface area contributed by atoms with Crippen molar-refractivity contribution in [1.29, 1.82) is 0 Å². The van der Waals surface area contributed by atoms with E-state index in [2.05, 4.69) is 11.4 Å². The highest BCUT2D eigenvalue weighted by Crippen LogP contribution is 2.25. The van der Waals surface area contributed by atoms with Crippen LogP contribution < -0.4 is 10.1 Å². The molecule has 0 atom stereocenters. The van der Waals surface area contributed by atoms with E-state index >= 15 is 0 Å². The van der Waals surface area contributed by atoms with Crippen molar-refractivity contribution in [1.82, 2.24) is 5.32 Å². The number of nitrogens with one attached hydrogen (secondary N) is 1. The summed E-state index contributed by atoms with van der Waals surface area (Å²) in [5.74, 6) is -0.0191. The number of aryl methyl sites for hydroxylation is 1. The predicted octanol–water partition coefficient (Wildman–Crippen LogP) is 2.61. The summed E-state index contributed by atoms with van der Waals surface area (Å²) in [5.41, 5.74) is 3.43. The number of hydrogen-bond acceptors (Lipinski definition) is 3. The second kappa shape index (κ2) is 7.83. The average molecular weight is 339 g/mol. The molecule has 1 aliphatic heterocycles. The summed E-state index contributed by atoms with van der Waals surface area (Å²) in [7, 11) is 0. The maximum absolute atomic E-state index is 12.1. The Morgan fingerprint density at radius 2 is 1.84 bits per heavy atom. The van der Waals surface area contributed by atoms with Crippen LogP contribution in [-0.2, 0) is 24.1 Å². The lowest BCUT2D eigenvalue weighted by molar-refractivity contribution is -0.120. The molecule has 0 bridgehead atoms. The van der Waals surface area contributed by atoms with E-state index in [9.17, 15) is 9.59 Å². The highest BCUT2D eigenvalue weighted by atomic mass is 16.5. The zero-order chi connectivity index (χ0) is 17.6. The number of rotatable bonds is 6. The highest BCUT2D eigenvalue weighted by molar-refractivity contribution is 5.87. The van der Waals surface area contributed by atoms with Gasteiger partial charge in [0.05, 0.1) is 18.6 Å². The molecule has 0 spiro atoms. The molecular weight excluding hydrogens is 318 g/mol. The summed E-state index contributed by atoms with van der Waals surface area (Å²) in [6.07, 6.45) is 3.04. The molecular formula is C20H21NO4. The molecule has 0 radical (unpaired) electrons. The Labute approximate surface area is 146 Å². The Kier molecular flexibility index (Phi) is 5.33. The van der Waals surface area contributed by atoms with Crippen molar-refractivity contribution in [2.24, 2.45) is 0 Å². The topological polar surface area (TPSA) is 75.6 Å². The third-order valence-electron chi connectivity index (χ3n) is 4.27. The minimum Gasteiger partial charge on any atom is -0.493 e. The third kappa shape index (κ3) is 4.59. The molecule has 2 N–H and O–H groups in total. The van der Waals surface area contributed by atoms with Crippen molar-refractivity contribution in [3.63, 3.8) is 0 Å². The fourth-order valence-electron chi connectivity index (χ4n) is 2.93. The summed E-state index contributed by atoms with van der Waals surface area (Å²) in [5, 5.41) is 11.8. The molecule has 1 aliphatic rings. The van der Waals surface area contributed by atoms with Crippen LogP contribution >= 0.6 is 0 Å². The first-order valence-corrected chi connectivity index (χ1v) is 8.45. The van der Waals surface area contributed by atoms with Crippen LogP contribution in [0.4, 0.5) is 0 Å². The summed E-state index contributed by atoms with van der Waals surface area (Å²) in [6.45, 7) is 1.29. The van der Waals surface area contributed by atoms with Gasteiger partial charge >= 0.3 is 5.97 Å². The lowest BCUT2D eigenvalue weighted by atomic mass is 10.0. The molecule has 5 heteroatoms. The van der Waals surface area contributed by atoms with E-state index in [0.717, 1.165) is 36.3 Å². The highest BCUT2D eigenvalue weighted by Gasteiger charge is 2.12. The van der Waals surface area contributed by atoms with Crippen molar-refractivity contribution in [2.75, 3.05) is 13.2 Å². The summed E-state index contributed by atoms with van der Waals surface area (Å²) in [6, 6.07) is 12.6. The smallest absolute Gasteiger partial charge is 0.335 e. The third-order valence-corrected chi connectivity index (χ3v) is 4.27. The Hall–Kier alpha value is -2.82. The molecule has 0 aromatic heterocycles. The van der Waals surface area contributed by atoms with Gasteiger partial charge in [-0.15, -0.1) is 0 Å². The van der Waals surface area contributed by atoms with E-state index in [1.165, 1.54) is 5.56 Å². The van der Waals surface area contributed by atoms with Crippen molar-refractivity contribution in [2.45, 2.75) is 25.7 Å². The molecule has 3 rings (SSSR count). The van der Waals surface area contributed by atoms with E-state index in [4.69, 9.17) is 9.84 Å². The minimum absolute atomic E-state index is 0.0150. The van der Waals surface area contributed by atoms with E-state index < -0.39 is 5.97 Å². The second-order valence-electron chi connectivity index (χ2n) is 6.17. The Bertz CT molecular complexity index is 768. The first-order chi connectivity index (χ1) is 12.1. The van der Waals surface area contributed by atoms with Crippen LogP contribution in [0.25, 0.3) is 0 Å². The van der Waals surface area contributed by atoms with Crippen LogP contribution in [0.15, 0.2) is 42.5 Å². The van der Waals surface area contributed by atoms with Gasteiger partial charge in [0.25, 0.3) is 0 Å². The quantitative estimate of drug-likeness (QED) is 0.848. The van der Waals surface area contributed by atoms with Crippen molar-refractivity contribution < 1.29 is 19.4 Å². The fourth-order valence-corrected chi connectivity index (χ4v) is 2.93. The number of carbonyl (C=O) groups is 2.